The number of ether oxygens (including phenoxy) is 1. The predicted molar refractivity (Wildman–Crippen MR) is 53.4 cm³/mol. The van der Waals surface area contributed by atoms with E-state index < -0.39 is 0 Å². The molecule has 0 spiro atoms. The van der Waals surface area contributed by atoms with Gasteiger partial charge in [-0.3, -0.25) is 0 Å². The molecule has 1 aromatic rings. The number of hydrogen-bond acceptors (Lipinski definition) is 2. The molecule has 0 atom stereocenters. The number of rotatable bonds is 3. The molecule has 0 saturated heterocycles. The summed E-state index contributed by atoms with van der Waals surface area (Å²) in [5.74, 6) is 0.708. The third kappa shape index (κ3) is 3.57. The molecular weight excluding hydrogens is 211 g/mol. The Hall–Kier alpha value is -0.860. The van der Waals surface area contributed by atoms with Gasteiger partial charge in [0.25, 0.3) is 0 Å². The molecule has 0 aliphatic carbocycles. The van der Waals surface area contributed by atoms with Crippen LogP contribution in [0.15, 0.2) is 34.8 Å². The topological polar surface area (TPSA) is 29.5 Å². The van der Waals surface area contributed by atoms with Crippen LogP contribution < -0.4 is 4.74 Å². The molecule has 0 fully saturated rings. The van der Waals surface area contributed by atoms with E-state index in [1.807, 2.05) is 0 Å². The summed E-state index contributed by atoms with van der Waals surface area (Å²) in [5, 5.41) is 9.49. The van der Waals surface area contributed by atoms with Gasteiger partial charge in [0.2, 0.25) is 0 Å². The molecule has 2 nitrogen and oxygen atoms in total. The van der Waals surface area contributed by atoms with Gasteiger partial charge in [-0.05, 0) is 12.1 Å². The minimum absolute atomic E-state index is 0.156. The van der Waals surface area contributed by atoms with E-state index in [2.05, 4.69) is 0 Å². The summed E-state index contributed by atoms with van der Waals surface area (Å²) >= 11 is 10.9. The van der Waals surface area contributed by atoms with Gasteiger partial charge < -0.3 is 9.84 Å². The van der Waals surface area contributed by atoms with Crippen LogP contribution in [-0.4, -0.2) is 11.7 Å². The SMILES string of the molecule is Oc1cccc(OC/C(Cl)=C/Cl)c1. The second-order valence-electron chi connectivity index (χ2n) is 2.34. The van der Waals surface area contributed by atoms with E-state index in [1.165, 1.54) is 11.6 Å². The monoisotopic (exact) mass is 218 g/mol. The molecule has 0 amide bonds. The Labute approximate surface area is 86.4 Å². The third-order valence-corrected chi connectivity index (χ3v) is 1.91. The maximum atomic E-state index is 9.08. The smallest absolute Gasteiger partial charge is 0.125 e. The summed E-state index contributed by atoms with van der Waals surface area (Å²) in [4.78, 5) is 0. The molecule has 0 bridgehead atoms. The van der Waals surface area contributed by atoms with Crippen LogP contribution in [0.5, 0.6) is 11.5 Å². The predicted octanol–water partition coefficient (Wildman–Crippen LogP) is 3.09. The molecule has 13 heavy (non-hydrogen) atoms. The lowest BCUT2D eigenvalue weighted by Gasteiger charge is -2.04. The summed E-state index contributed by atoms with van der Waals surface area (Å²) in [6.07, 6.45) is 0. The van der Waals surface area contributed by atoms with Crippen molar-refractivity contribution < 1.29 is 9.84 Å². The molecule has 70 valence electrons. The number of phenols is 1. The molecule has 1 aromatic carbocycles. The van der Waals surface area contributed by atoms with E-state index in [-0.39, 0.29) is 12.4 Å². The van der Waals surface area contributed by atoms with Gasteiger partial charge in [0.15, 0.2) is 0 Å². The molecular formula is C9H8Cl2O2. The summed E-state index contributed by atoms with van der Waals surface area (Å²) < 4.78 is 5.19. The average Bonchev–Trinajstić information content (AvgIpc) is 2.14. The van der Waals surface area contributed by atoms with E-state index in [0.29, 0.717) is 10.8 Å². The molecule has 1 rings (SSSR count). The van der Waals surface area contributed by atoms with Crippen LogP contribution in [0.2, 0.25) is 0 Å². The Morgan fingerprint density at radius 1 is 1.54 bits per heavy atom. The summed E-state index contributed by atoms with van der Waals surface area (Å²) in [5.41, 5.74) is 1.24. The normalized spacial score (nSPS) is 11.4. The van der Waals surface area contributed by atoms with Crippen molar-refractivity contribution in [2.45, 2.75) is 0 Å². The zero-order valence-corrected chi connectivity index (χ0v) is 8.22. The molecule has 1 N–H and O–H groups in total. The van der Waals surface area contributed by atoms with Gasteiger partial charge in [-0.1, -0.05) is 29.3 Å². The lowest BCUT2D eigenvalue weighted by Crippen LogP contribution is -1.96. The second kappa shape index (κ2) is 5.00. The highest BCUT2D eigenvalue weighted by Gasteiger charge is 1.96. The minimum Gasteiger partial charge on any atom is -0.508 e. The Morgan fingerprint density at radius 2 is 2.31 bits per heavy atom. The summed E-state index contributed by atoms with van der Waals surface area (Å²) in [6.45, 7) is 0.203. The first-order valence-electron chi connectivity index (χ1n) is 3.59. The Kier molecular flexibility index (Phi) is 3.93. The molecule has 0 aromatic heterocycles. The van der Waals surface area contributed by atoms with Crippen LogP contribution in [0.3, 0.4) is 0 Å². The van der Waals surface area contributed by atoms with Gasteiger partial charge >= 0.3 is 0 Å². The lowest BCUT2D eigenvalue weighted by atomic mass is 10.3. The first-order chi connectivity index (χ1) is 6.22. The van der Waals surface area contributed by atoms with Gasteiger partial charge in [-0.2, -0.15) is 0 Å². The number of hydrogen-bond donors (Lipinski definition) is 1. The molecule has 0 unspecified atom stereocenters. The van der Waals surface area contributed by atoms with Gasteiger partial charge in [0.05, 0.1) is 5.03 Å². The molecule has 0 aliphatic rings. The number of phenolic OH excluding ortho intramolecular Hbond substituents is 1. The van der Waals surface area contributed by atoms with Crippen molar-refractivity contribution in [3.05, 3.63) is 34.8 Å². The Balaban J connectivity index is 2.55. The van der Waals surface area contributed by atoms with Gasteiger partial charge in [0.1, 0.15) is 18.1 Å². The van der Waals surface area contributed by atoms with E-state index in [0.717, 1.165) is 0 Å². The average molecular weight is 219 g/mol. The van der Waals surface area contributed by atoms with Gasteiger partial charge in [0, 0.05) is 11.6 Å². The van der Waals surface area contributed by atoms with Crippen LogP contribution >= 0.6 is 23.2 Å². The highest BCUT2D eigenvalue weighted by Crippen LogP contribution is 2.18. The maximum absolute atomic E-state index is 9.08. The molecule has 0 saturated carbocycles. The van der Waals surface area contributed by atoms with Gasteiger partial charge in [-0.25, -0.2) is 0 Å². The Morgan fingerprint density at radius 3 is 2.92 bits per heavy atom. The van der Waals surface area contributed by atoms with Crippen LogP contribution in [0.4, 0.5) is 0 Å². The van der Waals surface area contributed by atoms with Crippen molar-refractivity contribution in [3.63, 3.8) is 0 Å². The summed E-state index contributed by atoms with van der Waals surface area (Å²) in [6, 6.07) is 6.46. The van der Waals surface area contributed by atoms with Crippen molar-refractivity contribution in [2.75, 3.05) is 6.61 Å². The fraction of sp³-hybridized carbons (Fsp3) is 0.111. The van der Waals surface area contributed by atoms with Crippen LogP contribution in [0.25, 0.3) is 0 Å². The quantitative estimate of drug-likeness (QED) is 0.846. The highest BCUT2D eigenvalue weighted by atomic mass is 35.5. The van der Waals surface area contributed by atoms with Crippen molar-refractivity contribution in [1.82, 2.24) is 0 Å². The zero-order valence-electron chi connectivity index (χ0n) is 6.71. The van der Waals surface area contributed by atoms with Crippen LogP contribution in [-0.2, 0) is 0 Å². The first kappa shape index (κ1) is 10.2. The number of halogens is 2. The van der Waals surface area contributed by atoms with Crippen molar-refractivity contribution in [1.29, 1.82) is 0 Å². The molecule has 0 aliphatic heterocycles. The third-order valence-electron chi connectivity index (χ3n) is 1.31. The van der Waals surface area contributed by atoms with E-state index >= 15 is 0 Å². The highest BCUT2D eigenvalue weighted by molar-refractivity contribution is 6.36. The molecule has 0 heterocycles. The minimum atomic E-state index is 0.156. The standard InChI is InChI=1S/C9H8Cl2O2/c10-5-7(11)6-13-9-3-1-2-8(12)4-9/h1-5,12H,6H2/b7-5-. The van der Waals surface area contributed by atoms with Crippen LogP contribution in [0, 0.1) is 0 Å². The molecule has 4 heteroatoms. The van der Waals surface area contributed by atoms with Crippen molar-refractivity contribution >= 4 is 23.2 Å². The van der Waals surface area contributed by atoms with E-state index in [1.54, 1.807) is 18.2 Å². The first-order valence-corrected chi connectivity index (χ1v) is 4.40. The lowest BCUT2D eigenvalue weighted by molar-refractivity contribution is 0.356. The largest absolute Gasteiger partial charge is 0.508 e. The second-order valence-corrected chi connectivity index (χ2v) is 3.05. The zero-order chi connectivity index (χ0) is 9.68. The van der Waals surface area contributed by atoms with Crippen molar-refractivity contribution in [2.24, 2.45) is 0 Å². The van der Waals surface area contributed by atoms with E-state index in [9.17, 15) is 0 Å². The maximum Gasteiger partial charge on any atom is 0.125 e. The fourth-order valence-electron chi connectivity index (χ4n) is 0.757. The van der Waals surface area contributed by atoms with Gasteiger partial charge in [-0.15, -0.1) is 0 Å². The molecule has 0 radical (unpaired) electrons. The van der Waals surface area contributed by atoms with E-state index in [4.69, 9.17) is 33.0 Å². The fourth-order valence-corrected chi connectivity index (χ4v) is 0.875. The number of aromatic hydroxyl groups is 1. The Bertz CT molecular complexity index is 310. The van der Waals surface area contributed by atoms with Crippen LogP contribution in [0.1, 0.15) is 0 Å². The summed E-state index contributed by atoms with van der Waals surface area (Å²) in [7, 11) is 0. The number of benzene rings is 1. The van der Waals surface area contributed by atoms with Crippen molar-refractivity contribution in [3.8, 4) is 11.5 Å².